The van der Waals surface area contributed by atoms with Crippen molar-refractivity contribution in [3.8, 4) is 5.75 Å². The second-order valence-electron chi connectivity index (χ2n) is 6.49. The monoisotopic (exact) mass is 465 g/mol. The predicted octanol–water partition coefficient (Wildman–Crippen LogP) is 7.59. The van der Waals surface area contributed by atoms with Crippen molar-refractivity contribution in [1.82, 2.24) is 0 Å². The Bertz CT molecular complexity index is 776. The first kappa shape index (κ1) is 23.3. The van der Waals surface area contributed by atoms with E-state index in [4.69, 9.17) is 18.6 Å². The molecule has 150 valence electrons. The summed E-state index contributed by atoms with van der Waals surface area (Å²) < 4.78 is 37.7. The van der Waals surface area contributed by atoms with E-state index in [1.165, 1.54) is 37.6 Å². The van der Waals surface area contributed by atoms with Crippen LogP contribution in [0.15, 0.2) is 47.5 Å². The molecule has 0 heterocycles. The molecule has 0 radical (unpaired) electrons. The molecule has 0 spiro atoms. The van der Waals surface area contributed by atoms with Gasteiger partial charge in [0.05, 0.1) is 11.3 Å². The molecular formula is C20H20Cl2F3NOTi. The average molecular weight is 466 g/mol. The molecule has 0 bridgehead atoms. The Morgan fingerprint density at radius 3 is 2.18 bits per heavy atom. The number of alkyl halides is 3. The minimum atomic E-state index is -4.35. The average Bonchev–Trinajstić information content (AvgIpc) is 2.68. The maximum atomic E-state index is 12.6. The molecule has 0 atom stereocenters. The molecule has 1 N–H and O–H groups in total. The SMILES string of the molecule is Oc1c(C=Nc2ccc(C(F)(F)F)cc2)cccc1C1CCCCC1.[Cl][Ti][Cl]. The molecule has 2 aromatic carbocycles. The number of phenols is 1. The molecule has 0 amide bonds. The van der Waals surface area contributed by atoms with Gasteiger partial charge < -0.3 is 5.11 Å². The van der Waals surface area contributed by atoms with E-state index >= 15 is 0 Å². The zero-order chi connectivity index (χ0) is 20.6. The normalized spacial score (nSPS) is 15.2. The van der Waals surface area contributed by atoms with Crippen LogP contribution in [0.4, 0.5) is 18.9 Å². The molecule has 28 heavy (non-hydrogen) atoms. The molecule has 0 aromatic heterocycles. The molecular weight excluding hydrogens is 446 g/mol. The summed E-state index contributed by atoms with van der Waals surface area (Å²) in [4.78, 5) is 4.19. The fourth-order valence-electron chi connectivity index (χ4n) is 3.31. The van der Waals surface area contributed by atoms with E-state index in [0.717, 1.165) is 30.5 Å². The van der Waals surface area contributed by atoms with Gasteiger partial charge in [0.1, 0.15) is 5.75 Å². The number of aliphatic imine (C=N–C) groups is 1. The number of nitrogens with zero attached hydrogens (tertiary/aromatic N) is 1. The quantitative estimate of drug-likeness (QED) is 0.367. The van der Waals surface area contributed by atoms with Gasteiger partial charge in [0.25, 0.3) is 0 Å². The van der Waals surface area contributed by atoms with Gasteiger partial charge in [-0.1, -0.05) is 31.4 Å². The van der Waals surface area contributed by atoms with Crippen LogP contribution in [-0.4, -0.2) is 11.3 Å². The third-order valence-electron chi connectivity index (χ3n) is 4.69. The van der Waals surface area contributed by atoms with Gasteiger partial charge in [-0.25, -0.2) is 0 Å². The van der Waals surface area contributed by atoms with E-state index in [-0.39, 0.29) is 5.75 Å². The Kier molecular flexibility index (Phi) is 9.35. The first-order valence-electron chi connectivity index (χ1n) is 8.86. The summed E-state index contributed by atoms with van der Waals surface area (Å²) in [5.41, 5.74) is 1.24. The van der Waals surface area contributed by atoms with Gasteiger partial charge in [-0.3, -0.25) is 4.99 Å². The summed E-state index contributed by atoms with van der Waals surface area (Å²) in [6, 6.07) is 10.2. The topological polar surface area (TPSA) is 32.6 Å². The molecule has 8 heteroatoms. The first-order chi connectivity index (χ1) is 13.4. The third kappa shape index (κ3) is 6.80. The van der Waals surface area contributed by atoms with Crippen LogP contribution in [0.2, 0.25) is 0 Å². The van der Waals surface area contributed by atoms with E-state index in [0.29, 0.717) is 17.2 Å². The molecule has 1 aliphatic carbocycles. The van der Waals surface area contributed by atoms with Crippen LogP contribution in [0.1, 0.15) is 54.7 Å². The first-order valence-corrected chi connectivity index (χ1v) is 13.2. The fraction of sp³-hybridized carbons (Fsp3) is 0.350. The van der Waals surface area contributed by atoms with Crippen LogP contribution in [-0.2, 0) is 23.2 Å². The molecule has 1 saturated carbocycles. The summed E-state index contributed by atoms with van der Waals surface area (Å²) in [5, 5.41) is 10.5. The van der Waals surface area contributed by atoms with Crippen molar-refractivity contribution in [1.29, 1.82) is 0 Å². The number of halogens is 5. The molecule has 1 aliphatic rings. The van der Waals surface area contributed by atoms with Gasteiger partial charge in [0, 0.05) is 11.8 Å². The van der Waals surface area contributed by atoms with Crippen molar-refractivity contribution in [2.24, 2.45) is 4.99 Å². The van der Waals surface area contributed by atoms with Crippen LogP contribution in [0, 0.1) is 0 Å². The Labute approximate surface area is 179 Å². The Morgan fingerprint density at radius 1 is 1.00 bits per heavy atom. The van der Waals surface area contributed by atoms with E-state index < -0.39 is 28.8 Å². The molecule has 0 aliphatic heterocycles. The standard InChI is InChI=1S/C20H20F3NO.2ClH.Ti/c21-20(22,23)16-9-11-17(12-10-16)24-13-15-7-4-8-18(19(15)25)14-5-2-1-3-6-14;;;/h4,7-14,25H,1-3,5-6H2;2*1H;/q;;;+2/p-2. The van der Waals surface area contributed by atoms with Crippen molar-refractivity contribution in [3.05, 3.63) is 59.2 Å². The molecule has 3 rings (SSSR count). The van der Waals surface area contributed by atoms with Crippen LogP contribution >= 0.6 is 18.6 Å². The van der Waals surface area contributed by atoms with Gasteiger partial charge in [-0.15, -0.1) is 0 Å². The van der Waals surface area contributed by atoms with Crippen molar-refractivity contribution in [2.75, 3.05) is 0 Å². The van der Waals surface area contributed by atoms with Gasteiger partial charge in [-0.2, -0.15) is 13.2 Å². The second-order valence-corrected chi connectivity index (χ2v) is 9.07. The van der Waals surface area contributed by atoms with E-state index in [1.54, 1.807) is 6.07 Å². The summed E-state index contributed by atoms with van der Waals surface area (Å²) in [6.45, 7) is 0. The zero-order valence-electron chi connectivity index (χ0n) is 15.0. The number of hydrogen-bond acceptors (Lipinski definition) is 2. The van der Waals surface area contributed by atoms with Gasteiger partial charge in [0.2, 0.25) is 0 Å². The summed E-state index contributed by atoms with van der Waals surface area (Å²) in [5.74, 6) is 0.596. The Balaban J connectivity index is 0.000000878. The molecule has 1 fully saturated rings. The maximum absolute atomic E-state index is 12.6. The number of phenolic OH excluding ortho intramolecular Hbond substituents is 1. The molecule has 2 aromatic rings. The van der Waals surface area contributed by atoms with Crippen molar-refractivity contribution in [3.63, 3.8) is 0 Å². The van der Waals surface area contributed by atoms with Crippen LogP contribution < -0.4 is 0 Å². The van der Waals surface area contributed by atoms with Crippen LogP contribution in [0.5, 0.6) is 5.75 Å². The van der Waals surface area contributed by atoms with Crippen LogP contribution in [0.3, 0.4) is 0 Å². The van der Waals surface area contributed by atoms with E-state index in [9.17, 15) is 18.3 Å². The van der Waals surface area contributed by atoms with Crippen LogP contribution in [0.25, 0.3) is 0 Å². The van der Waals surface area contributed by atoms with Crippen molar-refractivity contribution >= 4 is 30.5 Å². The number of rotatable bonds is 3. The zero-order valence-corrected chi connectivity index (χ0v) is 18.1. The van der Waals surface area contributed by atoms with E-state index in [1.807, 2.05) is 12.1 Å². The summed E-state index contributed by atoms with van der Waals surface area (Å²) in [7, 11) is 9.78. The molecule has 0 saturated heterocycles. The third-order valence-corrected chi connectivity index (χ3v) is 4.69. The molecule has 0 unspecified atom stereocenters. The Hall–Kier alpha value is -1.01. The minimum absolute atomic E-state index is 0.227. The van der Waals surface area contributed by atoms with Gasteiger partial charge in [-0.05, 0) is 54.7 Å². The number of para-hydroxylation sites is 1. The van der Waals surface area contributed by atoms with E-state index in [2.05, 4.69) is 4.99 Å². The van der Waals surface area contributed by atoms with Gasteiger partial charge in [0.15, 0.2) is 0 Å². The fourth-order valence-corrected chi connectivity index (χ4v) is 3.31. The summed E-state index contributed by atoms with van der Waals surface area (Å²) >= 11 is -0.556. The number of hydrogen-bond donors (Lipinski definition) is 1. The Morgan fingerprint density at radius 2 is 1.61 bits per heavy atom. The van der Waals surface area contributed by atoms with Crippen molar-refractivity contribution in [2.45, 2.75) is 44.2 Å². The summed E-state index contributed by atoms with van der Waals surface area (Å²) in [6.07, 6.45) is 2.90. The second kappa shape index (κ2) is 11.2. The van der Waals surface area contributed by atoms with Gasteiger partial charge >= 0.3 is 41.8 Å². The molecule has 2 nitrogen and oxygen atoms in total. The predicted molar refractivity (Wildman–Crippen MR) is 104 cm³/mol. The number of aromatic hydroxyl groups is 1. The van der Waals surface area contributed by atoms with Crippen molar-refractivity contribution < 1.29 is 35.3 Å². The number of benzene rings is 2.